The topological polar surface area (TPSA) is 105 Å². The minimum atomic E-state index is -4.50. The number of phosphoric ester groups is 1. The molecule has 84 valence electrons. The maximum Gasteiger partial charge on any atom is 0.469 e. The fraction of sp³-hybridized carbons (Fsp3) is 1.00. The molecule has 1 rings (SSSR count). The molecule has 0 aromatic rings. The van der Waals surface area contributed by atoms with Crippen LogP contribution >= 0.6 is 17.3 Å². The molecule has 14 heavy (non-hydrogen) atoms. The monoisotopic (exact) mass is 246 g/mol. The summed E-state index contributed by atoms with van der Waals surface area (Å²) >= 11 is 0. The molecule has 0 bridgehead atoms. The lowest BCUT2D eigenvalue weighted by Gasteiger charge is -2.16. The quantitative estimate of drug-likeness (QED) is 0.567. The summed E-state index contributed by atoms with van der Waals surface area (Å²) in [5.41, 5.74) is 0. The molecule has 4 atom stereocenters. The molecule has 1 aliphatic heterocycles. The van der Waals surface area contributed by atoms with Gasteiger partial charge in [0.05, 0.1) is 12.7 Å². The van der Waals surface area contributed by atoms with Gasteiger partial charge in [0.15, 0.2) is 6.29 Å². The first-order valence-electron chi connectivity index (χ1n) is 3.81. The van der Waals surface area contributed by atoms with Crippen LogP contribution in [0.2, 0.25) is 0 Å². The summed E-state index contributed by atoms with van der Waals surface area (Å²) < 4.78 is 24.4. The molecular weight excluding hydrogens is 234 g/mol. The Hall–Kier alpha value is 0.420. The van der Waals surface area contributed by atoms with E-state index in [-0.39, 0.29) is 13.0 Å². The van der Waals surface area contributed by atoms with Crippen molar-refractivity contribution < 1.29 is 33.2 Å². The second-order valence-corrected chi connectivity index (χ2v) is 4.34. The Morgan fingerprint density at radius 3 is 2.71 bits per heavy atom. The second-order valence-electron chi connectivity index (χ2n) is 2.83. The van der Waals surface area contributed by atoms with Gasteiger partial charge in [-0.3, -0.25) is 4.52 Å². The zero-order valence-corrected chi connectivity index (χ0v) is 9.19. The smallest absolute Gasteiger partial charge is 0.368 e. The molecule has 0 amide bonds. The molecule has 3 N–H and O–H groups in total. The zero-order chi connectivity index (χ0) is 10.8. The van der Waals surface area contributed by atoms with Gasteiger partial charge in [0.25, 0.3) is 0 Å². The highest BCUT2D eigenvalue weighted by Gasteiger charge is 2.36. The molecule has 1 unspecified atom stereocenters. The van der Waals surface area contributed by atoms with Gasteiger partial charge < -0.3 is 24.2 Å². The van der Waals surface area contributed by atoms with E-state index in [4.69, 9.17) is 24.2 Å². The van der Waals surface area contributed by atoms with Gasteiger partial charge in [-0.1, -0.05) is 0 Å². The summed E-state index contributed by atoms with van der Waals surface area (Å²) in [4.78, 5) is 16.9. The van der Waals surface area contributed by atoms with E-state index in [1.54, 1.807) is 0 Å². The average molecular weight is 246 g/mol. The first-order chi connectivity index (χ1) is 6.42. The van der Waals surface area contributed by atoms with E-state index >= 15 is 0 Å². The van der Waals surface area contributed by atoms with Crippen molar-refractivity contribution >= 4 is 17.3 Å². The highest BCUT2D eigenvalue weighted by Crippen LogP contribution is 2.37. The van der Waals surface area contributed by atoms with E-state index < -0.39 is 26.3 Å². The Labute approximate surface area is 82.9 Å². The van der Waals surface area contributed by atoms with Crippen LogP contribution in [0.15, 0.2) is 0 Å². The first-order valence-corrected chi connectivity index (χ1v) is 5.81. The molecule has 0 aromatic heterocycles. The first kappa shape index (κ1) is 12.5. The van der Waals surface area contributed by atoms with Gasteiger partial charge >= 0.3 is 7.82 Å². The largest absolute Gasteiger partial charge is 0.469 e. The number of rotatable bonds is 4. The number of ether oxygens (including phenoxy) is 1. The van der Waals surface area contributed by atoms with Crippen LogP contribution in [0, 0.1) is 0 Å². The molecule has 1 aliphatic rings. The fourth-order valence-electron chi connectivity index (χ4n) is 1.16. The summed E-state index contributed by atoms with van der Waals surface area (Å²) in [5.74, 6) is 0. The molecule has 0 saturated carbocycles. The van der Waals surface area contributed by atoms with Crippen molar-refractivity contribution in [1.82, 2.24) is 0 Å². The Bertz CT molecular complexity index is 228. The van der Waals surface area contributed by atoms with Crippen LogP contribution in [-0.2, 0) is 18.3 Å². The van der Waals surface area contributed by atoms with Crippen LogP contribution in [0.25, 0.3) is 0 Å². The van der Waals surface area contributed by atoms with E-state index in [0.29, 0.717) is 0 Å². The summed E-state index contributed by atoms with van der Waals surface area (Å²) in [6, 6.07) is 0. The summed E-state index contributed by atoms with van der Waals surface area (Å²) in [5, 5.41) is 9.07. The van der Waals surface area contributed by atoms with Gasteiger partial charge in [0, 0.05) is 15.9 Å². The van der Waals surface area contributed by atoms with Gasteiger partial charge in [-0.05, 0) is 0 Å². The van der Waals surface area contributed by atoms with Crippen LogP contribution in [0.5, 0.6) is 0 Å². The molecule has 0 spiro atoms. The SMILES string of the molecule is O=P(O)(O)OC[C@H]1O[C@H](O)C[C@@H]1OP. The predicted molar refractivity (Wildman–Crippen MR) is 48.1 cm³/mol. The van der Waals surface area contributed by atoms with Crippen molar-refractivity contribution in [3.63, 3.8) is 0 Å². The molecular formula is C5H12O7P2. The maximum atomic E-state index is 10.4. The summed E-state index contributed by atoms with van der Waals surface area (Å²) in [6.07, 6.45) is -1.85. The van der Waals surface area contributed by atoms with Gasteiger partial charge in [-0.25, -0.2) is 4.57 Å². The van der Waals surface area contributed by atoms with Gasteiger partial charge in [0.2, 0.25) is 0 Å². The Balaban J connectivity index is 2.40. The Kier molecular flexibility index (Phi) is 4.43. The number of hydrogen-bond donors (Lipinski definition) is 3. The van der Waals surface area contributed by atoms with E-state index in [0.717, 1.165) is 0 Å². The number of aliphatic hydroxyl groups excluding tert-OH is 1. The molecule has 1 saturated heterocycles. The molecule has 1 fully saturated rings. The van der Waals surface area contributed by atoms with Crippen molar-refractivity contribution in [2.24, 2.45) is 0 Å². The standard InChI is InChI=1S/C5H12O7P2/c6-5-1-3(12-13)4(11-5)2-10-14(7,8)9/h3-6H,1-2,13H2,(H2,7,8,9)/t3-,4+,5-/m0/s1. The second kappa shape index (κ2) is 4.96. The van der Waals surface area contributed by atoms with Crippen molar-refractivity contribution in [1.29, 1.82) is 0 Å². The number of hydrogen-bond acceptors (Lipinski definition) is 5. The zero-order valence-electron chi connectivity index (χ0n) is 7.15. The average Bonchev–Trinajstić information content (AvgIpc) is 2.41. The van der Waals surface area contributed by atoms with Crippen LogP contribution in [0.3, 0.4) is 0 Å². The highest BCUT2D eigenvalue weighted by atomic mass is 31.2. The van der Waals surface area contributed by atoms with Gasteiger partial charge in [-0.15, -0.1) is 0 Å². The summed E-state index contributed by atoms with van der Waals surface area (Å²) in [7, 11) is -2.50. The van der Waals surface area contributed by atoms with Crippen LogP contribution < -0.4 is 0 Å². The maximum absolute atomic E-state index is 10.4. The lowest BCUT2D eigenvalue weighted by molar-refractivity contribution is -0.105. The lowest BCUT2D eigenvalue weighted by atomic mass is 10.2. The van der Waals surface area contributed by atoms with Crippen LogP contribution in [0.1, 0.15) is 6.42 Å². The third-order valence-corrected chi connectivity index (χ3v) is 2.60. The fourth-order valence-corrected chi connectivity index (χ4v) is 1.78. The minimum Gasteiger partial charge on any atom is -0.368 e. The van der Waals surface area contributed by atoms with E-state index in [2.05, 4.69) is 4.52 Å². The predicted octanol–water partition coefficient (Wildman–Crippen LogP) is -0.622. The molecule has 7 nitrogen and oxygen atoms in total. The van der Waals surface area contributed by atoms with E-state index in [1.165, 1.54) is 0 Å². The number of aliphatic hydroxyl groups is 1. The third-order valence-electron chi connectivity index (χ3n) is 1.76. The van der Waals surface area contributed by atoms with Gasteiger partial charge in [-0.2, -0.15) is 0 Å². The Morgan fingerprint density at radius 2 is 2.21 bits per heavy atom. The molecule has 0 aromatic carbocycles. The van der Waals surface area contributed by atoms with Crippen LogP contribution in [0.4, 0.5) is 0 Å². The normalized spacial score (nSPS) is 33.6. The van der Waals surface area contributed by atoms with Gasteiger partial charge in [0.1, 0.15) is 6.10 Å². The molecule has 1 heterocycles. The van der Waals surface area contributed by atoms with Crippen molar-refractivity contribution in [3.8, 4) is 0 Å². The van der Waals surface area contributed by atoms with Crippen LogP contribution in [-0.4, -0.2) is 40.0 Å². The molecule has 9 heteroatoms. The van der Waals surface area contributed by atoms with E-state index in [1.807, 2.05) is 9.47 Å². The minimum absolute atomic E-state index is 0.249. The summed E-state index contributed by atoms with van der Waals surface area (Å²) in [6.45, 7) is -0.319. The van der Waals surface area contributed by atoms with Crippen molar-refractivity contribution in [3.05, 3.63) is 0 Å². The molecule has 0 radical (unpaired) electrons. The highest BCUT2D eigenvalue weighted by molar-refractivity contribution is 7.46. The molecule has 0 aliphatic carbocycles. The Morgan fingerprint density at radius 1 is 1.57 bits per heavy atom. The lowest BCUT2D eigenvalue weighted by Crippen LogP contribution is -2.26. The van der Waals surface area contributed by atoms with Crippen molar-refractivity contribution in [2.45, 2.75) is 24.9 Å². The number of phosphoric acid groups is 1. The van der Waals surface area contributed by atoms with Crippen molar-refractivity contribution in [2.75, 3.05) is 6.61 Å². The van der Waals surface area contributed by atoms with E-state index in [9.17, 15) is 4.57 Å². The third kappa shape index (κ3) is 3.88.